The summed E-state index contributed by atoms with van der Waals surface area (Å²) in [5, 5.41) is 2.85. The van der Waals surface area contributed by atoms with Gasteiger partial charge in [-0.15, -0.1) is 0 Å². The molecule has 0 heterocycles. The quantitative estimate of drug-likeness (QED) is 0.635. The third kappa shape index (κ3) is 2.25. The normalized spacial score (nSPS) is 22.2. The van der Waals surface area contributed by atoms with Crippen molar-refractivity contribution in [3.63, 3.8) is 0 Å². The van der Waals surface area contributed by atoms with Crippen LogP contribution in [0.2, 0.25) is 0 Å². The number of nitrogens with one attached hydrogen (secondary N) is 1. The Kier molecular flexibility index (Phi) is 3.13. The van der Waals surface area contributed by atoms with Crippen LogP contribution in [0.5, 0.6) is 0 Å². The first-order valence-corrected chi connectivity index (χ1v) is 4.11. The Morgan fingerprint density at radius 2 is 2.30 bits per heavy atom. The second-order valence-corrected chi connectivity index (χ2v) is 3.19. The van der Waals surface area contributed by atoms with E-state index in [0.717, 1.165) is 6.42 Å². The Hall–Kier alpha value is -0.110. The molecule has 0 radical (unpaired) electrons. The molecule has 0 aromatic rings. The lowest BCUT2D eigenvalue weighted by Crippen LogP contribution is -2.24. The third-order valence-corrected chi connectivity index (χ3v) is 2.24. The van der Waals surface area contributed by atoms with Gasteiger partial charge in [0.1, 0.15) is 6.17 Å². The molecule has 1 aliphatic carbocycles. The first-order chi connectivity index (χ1) is 4.83. The molecule has 0 bridgehead atoms. The van der Waals surface area contributed by atoms with Crippen LogP contribution in [0, 0.1) is 5.92 Å². The van der Waals surface area contributed by atoms with Crippen LogP contribution in [0.4, 0.5) is 4.39 Å². The first-order valence-electron chi connectivity index (χ1n) is 4.11. The summed E-state index contributed by atoms with van der Waals surface area (Å²) < 4.78 is 12.8. The van der Waals surface area contributed by atoms with Gasteiger partial charge in [-0.3, -0.25) is 0 Å². The highest BCUT2D eigenvalue weighted by Crippen LogP contribution is 2.30. The molecule has 0 unspecified atom stereocenters. The Morgan fingerprint density at radius 3 is 2.70 bits per heavy atom. The highest BCUT2D eigenvalue weighted by atomic mass is 19.1. The standard InChI is InChI=1S/C8H16FN/c1-10-6-8(9)5-7-3-2-4-7/h7-8,10H,2-6H2,1H3/t8-/m1/s1. The molecule has 0 amide bonds. The minimum Gasteiger partial charge on any atom is -0.317 e. The molecule has 0 aromatic heterocycles. The zero-order valence-corrected chi connectivity index (χ0v) is 6.57. The molecular formula is C8H16FN. The maximum absolute atomic E-state index is 12.8. The lowest BCUT2D eigenvalue weighted by Gasteiger charge is -2.26. The lowest BCUT2D eigenvalue weighted by atomic mass is 9.82. The predicted molar refractivity (Wildman–Crippen MR) is 40.8 cm³/mol. The van der Waals surface area contributed by atoms with Crippen molar-refractivity contribution in [1.29, 1.82) is 0 Å². The van der Waals surface area contributed by atoms with Gasteiger partial charge in [0.05, 0.1) is 0 Å². The summed E-state index contributed by atoms with van der Waals surface area (Å²) in [5.41, 5.74) is 0. The summed E-state index contributed by atoms with van der Waals surface area (Å²) in [4.78, 5) is 0. The molecular weight excluding hydrogens is 129 g/mol. The molecule has 0 aliphatic heterocycles. The maximum Gasteiger partial charge on any atom is 0.113 e. The van der Waals surface area contributed by atoms with E-state index in [-0.39, 0.29) is 0 Å². The molecule has 1 aliphatic rings. The van der Waals surface area contributed by atoms with Crippen LogP contribution in [0.15, 0.2) is 0 Å². The summed E-state index contributed by atoms with van der Waals surface area (Å²) in [6.07, 6.45) is 3.99. The predicted octanol–water partition coefficient (Wildman–Crippen LogP) is 1.73. The van der Waals surface area contributed by atoms with Crippen LogP contribution in [0.25, 0.3) is 0 Å². The number of rotatable bonds is 4. The van der Waals surface area contributed by atoms with Crippen molar-refractivity contribution in [3.8, 4) is 0 Å². The van der Waals surface area contributed by atoms with Gasteiger partial charge in [0, 0.05) is 6.54 Å². The molecule has 1 atom stereocenters. The topological polar surface area (TPSA) is 12.0 Å². The van der Waals surface area contributed by atoms with E-state index in [1.54, 1.807) is 7.05 Å². The minimum absolute atomic E-state index is 0.524. The molecule has 1 fully saturated rings. The molecule has 1 nitrogen and oxygen atoms in total. The van der Waals surface area contributed by atoms with Gasteiger partial charge in [0.2, 0.25) is 0 Å². The largest absolute Gasteiger partial charge is 0.317 e. The van der Waals surface area contributed by atoms with E-state index in [2.05, 4.69) is 5.32 Å². The van der Waals surface area contributed by atoms with E-state index in [1.807, 2.05) is 0 Å². The van der Waals surface area contributed by atoms with Crippen molar-refractivity contribution in [2.24, 2.45) is 5.92 Å². The fourth-order valence-electron chi connectivity index (χ4n) is 1.40. The van der Waals surface area contributed by atoms with Gasteiger partial charge in [-0.25, -0.2) is 4.39 Å². The zero-order valence-electron chi connectivity index (χ0n) is 6.57. The molecule has 1 N–H and O–H groups in total. The van der Waals surface area contributed by atoms with Crippen molar-refractivity contribution in [1.82, 2.24) is 5.32 Å². The molecule has 60 valence electrons. The van der Waals surface area contributed by atoms with Crippen molar-refractivity contribution < 1.29 is 4.39 Å². The van der Waals surface area contributed by atoms with Gasteiger partial charge in [0.25, 0.3) is 0 Å². The number of hydrogen-bond donors (Lipinski definition) is 1. The number of hydrogen-bond acceptors (Lipinski definition) is 1. The highest BCUT2D eigenvalue weighted by Gasteiger charge is 2.20. The summed E-state index contributed by atoms with van der Waals surface area (Å²) in [6, 6.07) is 0. The van der Waals surface area contributed by atoms with Gasteiger partial charge < -0.3 is 5.32 Å². The fourth-order valence-corrected chi connectivity index (χ4v) is 1.40. The van der Waals surface area contributed by atoms with Gasteiger partial charge >= 0.3 is 0 Å². The highest BCUT2D eigenvalue weighted by molar-refractivity contribution is 4.73. The second kappa shape index (κ2) is 3.91. The minimum atomic E-state index is -0.615. The van der Waals surface area contributed by atoms with Crippen LogP contribution in [-0.2, 0) is 0 Å². The van der Waals surface area contributed by atoms with Crippen molar-refractivity contribution in [2.75, 3.05) is 13.6 Å². The van der Waals surface area contributed by atoms with E-state index in [0.29, 0.717) is 12.5 Å². The second-order valence-electron chi connectivity index (χ2n) is 3.19. The smallest absolute Gasteiger partial charge is 0.113 e. The number of halogens is 1. The summed E-state index contributed by atoms with van der Waals surface area (Å²) in [7, 11) is 1.80. The summed E-state index contributed by atoms with van der Waals surface area (Å²) in [5.74, 6) is 0.698. The molecule has 1 rings (SSSR count). The average molecular weight is 145 g/mol. The van der Waals surface area contributed by atoms with Gasteiger partial charge in [0.15, 0.2) is 0 Å². The zero-order chi connectivity index (χ0) is 7.40. The van der Waals surface area contributed by atoms with Crippen molar-refractivity contribution >= 4 is 0 Å². The number of alkyl halides is 1. The van der Waals surface area contributed by atoms with E-state index < -0.39 is 6.17 Å². The fraction of sp³-hybridized carbons (Fsp3) is 1.00. The summed E-state index contributed by atoms with van der Waals surface area (Å²) in [6.45, 7) is 0.524. The van der Waals surface area contributed by atoms with Crippen LogP contribution < -0.4 is 5.32 Å². The Morgan fingerprint density at radius 1 is 1.60 bits per heavy atom. The van der Waals surface area contributed by atoms with E-state index in [1.165, 1.54) is 19.3 Å². The molecule has 2 heteroatoms. The van der Waals surface area contributed by atoms with E-state index in [4.69, 9.17) is 0 Å². The lowest BCUT2D eigenvalue weighted by molar-refractivity contribution is 0.203. The summed E-state index contributed by atoms with van der Waals surface area (Å²) >= 11 is 0. The molecule has 0 saturated heterocycles. The first kappa shape index (κ1) is 7.99. The Balaban J connectivity index is 1.99. The van der Waals surface area contributed by atoms with Crippen LogP contribution in [0.3, 0.4) is 0 Å². The third-order valence-electron chi connectivity index (χ3n) is 2.24. The monoisotopic (exact) mass is 145 g/mol. The maximum atomic E-state index is 12.8. The van der Waals surface area contributed by atoms with E-state index >= 15 is 0 Å². The van der Waals surface area contributed by atoms with Crippen LogP contribution in [0.1, 0.15) is 25.7 Å². The van der Waals surface area contributed by atoms with Crippen molar-refractivity contribution in [3.05, 3.63) is 0 Å². The Bertz CT molecular complexity index is 91.3. The average Bonchev–Trinajstić information content (AvgIpc) is 1.80. The van der Waals surface area contributed by atoms with Gasteiger partial charge in [-0.1, -0.05) is 19.3 Å². The van der Waals surface area contributed by atoms with E-state index in [9.17, 15) is 4.39 Å². The van der Waals surface area contributed by atoms with Crippen LogP contribution >= 0.6 is 0 Å². The molecule has 10 heavy (non-hydrogen) atoms. The van der Waals surface area contributed by atoms with Crippen molar-refractivity contribution in [2.45, 2.75) is 31.9 Å². The van der Waals surface area contributed by atoms with Gasteiger partial charge in [-0.05, 0) is 19.4 Å². The van der Waals surface area contributed by atoms with Crippen LogP contribution in [-0.4, -0.2) is 19.8 Å². The molecule has 1 saturated carbocycles. The molecule has 0 spiro atoms. The Labute approximate surface area is 62.0 Å². The van der Waals surface area contributed by atoms with Gasteiger partial charge in [-0.2, -0.15) is 0 Å². The SMILES string of the molecule is CNC[C@H](F)CC1CCC1. The molecule has 0 aromatic carbocycles.